The molecule has 0 saturated carbocycles. The van der Waals surface area contributed by atoms with Gasteiger partial charge in [-0.25, -0.2) is 4.98 Å². The van der Waals surface area contributed by atoms with Gasteiger partial charge in [0.1, 0.15) is 18.1 Å². The molecule has 136 valence electrons. The van der Waals surface area contributed by atoms with Gasteiger partial charge in [0.2, 0.25) is 5.91 Å². The summed E-state index contributed by atoms with van der Waals surface area (Å²) in [5.41, 5.74) is 2.54. The molecule has 0 atom stereocenters. The van der Waals surface area contributed by atoms with Crippen LogP contribution in [0.5, 0.6) is 5.75 Å². The zero-order valence-corrected chi connectivity index (χ0v) is 16.4. The number of aryl methyl sites for hydroxylation is 1. The smallest absolute Gasteiger partial charge is 0.223 e. The number of ether oxygens (including phenoxy) is 1. The molecule has 0 aliphatic rings. The van der Waals surface area contributed by atoms with E-state index in [1.165, 1.54) is 29.8 Å². The molecule has 0 radical (unpaired) electrons. The summed E-state index contributed by atoms with van der Waals surface area (Å²) in [6.07, 6.45) is 0. The average Bonchev–Trinajstić information content (AvgIpc) is 3.27. The van der Waals surface area contributed by atoms with Crippen LogP contribution in [-0.2, 0) is 11.4 Å². The molecular weight excluding hydrogens is 380 g/mol. The molecule has 1 amide bonds. The summed E-state index contributed by atoms with van der Waals surface area (Å²) in [5, 5.41) is 11.6. The summed E-state index contributed by atoms with van der Waals surface area (Å²) in [4.78, 5) is 16.6. The molecule has 0 saturated heterocycles. The van der Waals surface area contributed by atoms with E-state index in [1.807, 2.05) is 36.6 Å². The third-order valence-corrected chi connectivity index (χ3v) is 5.43. The van der Waals surface area contributed by atoms with Gasteiger partial charge in [0.05, 0.1) is 16.1 Å². The molecule has 0 aliphatic carbocycles. The van der Waals surface area contributed by atoms with E-state index in [0.717, 1.165) is 38.4 Å². The molecule has 2 aromatic carbocycles. The fourth-order valence-electron chi connectivity index (χ4n) is 2.81. The van der Waals surface area contributed by atoms with Gasteiger partial charge in [0.15, 0.2) is 5.13 Å². The van der Waals surface area contributed by atoms with E-state index >= 15 is 0 Å². The number of hydrogen-bond donors (Lipinski definition) is 1. The van der Waals surface area contributed by atoms with Gasteiger partial charge in [0.25, 0.3) is 0 Å². The molecule has 6 nitrogen and oxygen atoms in total. The molecular formula is C19H16N4O2S2. The van der Waals surface area contributed by atoms with Crippen molar-refractivity contribution in [1.82, 2.24) is 14.6 Å². The Hall–Kier alpha value is -2.84. The summed E-state index contributed by atoms with van der Waals surface area (Å²) in [6.45, 7) is 3.77. The van der Waals surface area contributed by atoms with E-state index in [4.69, 9.17) is 4.74 Å². The maximum absolute atomic E-state index is 11.1. The molecule has 0 aliphatic heterocycles. The van der Waals surface area contributed by atoms with Crippen molar-refractivity contribution >= 4 is 44.7 Å². The van der Waals surface area contributed by atoms with Crippen LogP contribution in [0.3, 0.4) is 0 Å². The lowest BCUT2D eigenvalue weighted by Crippen LogP contribution is -2.05. The lowest BCUT2D eigenvalue weighted by atomic mass is 10.0. The highest BCUT2D eigenvalue weighted by atomic mass is 32.1. The number of hydrogen-bond acceptors (Lipinski definition) is 7. The van der Waals surface area contributed by atoms with Crippen molar-refractivity contribution in [2.45, 2.75) is 20.5 Å². The number of anilines is 1. The molecule has 0 bridgehead atoms. The Morgan fingerprint density at radius 3 is 2.85 bits per heavy atom. The maximum Gasteiger partial charge on any atom is 0.223 e. The highest BCUT2D eigenvalue weighted by Gasteiger charge is 2.17. The van der Waals surface area contributed by atoms with Gasteiger partial charge in [-0.2, -0.15) is 0 Å². The lowest BCUT2D eigenvalue weighted by Gasteiger charge is -2.13. The Bertz CT molecular complexity index is 1120. The van der Waals surface area contributed by atoms with Crippen LogP contribution in [0.4, 0.5) is 5.13 Å². The van der Waals surface area contributed by atoms with Crippen LogP contribution in [0, 0.1) is 6.92 Å². The number of rotatable bonds is 5. The summed E-state index contributed by atoms with van der Waals surface area (Å²) >= 11 is 2.75. The van der Waals surface area contributed by atoms with Crippen LogP contribution in [0.25, 0.3) is 22.0 Å². The van der Waals surface area contributed by atoms with Gasteiger partial charge in [-0.3, -0.25) is 4.79 Å². The molecule has 2 heterocycles. The third-order valence-electron chi connectivity index (χ3n) is 3.99. The van der Waals surface area contributed by atoms with Crippen molar-refractivity contribution in [3.8, 4) is 17.0 Å². The van der Waals surface area contributed by atoms with E-state index < -0.39 is 0 Å². The number of fused-ring (bicyclic) bond motifs is 1. The Kier molecular flexibility index (Phi) is 4.83. The summed E-state index contributed by atoms with van der Waals surface area (Å²) in [6, 6.07) is 12.1. The zero-order valence-electron chi connectivity index (χ0n) is 14.7. The largest absolute Gasteiger partial charge is 0.487 e. The van der Waals surface area contributed by atoms with Crippen LogP contribution in [0.15, 0.2) is 41.8 Å². The second-order valence-corrected chi connectivity index (χ2v) is 7.77. The first-order valence-electron chi connectivity index (χ1n) is 8.27. The van der Waals surface area contributed by atoms with Gasteiger partial charge < -0.3 is 10.1 Å². The number of nitrogens with one attached hydrogen (secondary N) is 1. The highest BCUT2D eigenvalue weighted by Crippen LogP contribution is 2.38. The second-order valence-electron chi connectivity index (χ2n) is 5.95. The fraction of sp³-hybridized carbons (Fsp3) is 0.158. The SMILES string of the molecule is CC(=O)Nc1nc(COc2ccc3ccccc3c2-c2nnsc2C)cs1. The summed E-state index contributed by atoms with van der Waals surface area (Å²) in [5.74, 6) is 0.596. The lowest BCUT2D eigenvalue weighted by molar-refractivity contribution is -0.114. The number of carbonyl (C=O) groups excluding carboxylic acids is 1. The van der Waals surface area contributed by atoms with Gasteiger partial charge in [0, 0.05) is 12.3 Å². The van der Waals surface area contributed by atoms with Crippen LogP contribution in [-0.4, -0.2) is 20.5 Å². The quantitative estimate of drug-likeness (QED) is 0.531. The topological polar surface area (TPSA) is 77.0 Å². The van der Waals surface area contributed by atoms with Crippen molar-refractivity contribution in [2.75, 3.05) is 5.32 Å². The third kappa shape index (κ3) is 3.67. The van der Waals surface area contributed by atoms with Crippen molar-refractivity contribution in [2.24, 2.45) is 0 Å². The number of aromatic nitrogens is 3. The van der Waals surface area contributed by atoms with Crippen LogP contribution in [0.1, 0.15) is 17.5 Å². The first kappa shape index (κ1) is 17.6. The van der Waals surface area contributed by atoms with Gasteiger partial charge in [-0.05, 0) is 35.3 Å². The Morgan fingerprint density at radius 1 is 1.22 bits per heavy atom. The summed E-state index contributed by atoms with van der Waals surface area (Å²) < 4.78 is 10.2. The molecule has 4 rings (SSSR count). The number of carbonyl (C=O) groups is 1. The van der Waals surface area contributed by atoms with Crippen LogP contribution >= 0.6 is 22.9 Å². The van der Waals surface area contributed by atoms with Gasteiger partial charge in [-0.1, -0.05) is 34.8 Å². The minimum Gasteiger partial charge on any atom is -0.487 e. The monoisotopic (exact) mass is 396 g/mol. The van der Waals surface area contributed by atoms with E-state index in [2.05, 4.69) is 32.0 Å². The number of amides is 1. The first-order valence-corrected chi connectivity index (χ1v) is 9.93. The van der Waals surface area contributed by atoms with Crippen molar-refractivity contribution in [3.05, 3.63) is 52.3 Å². The Labute approximate surface area is 164 Å². The van der Waals surface area contributed by atoms with Gasteiger partial charge in [-0.15, -0.1) is 16.4 Å². The molecule has 0 unspecified atom stereocenters. The van der Waals surface area contributed by atoms with E-state index in [1.54, 1.807) is 0 Å². The number of nitrogens with zero attached hydrogens (tertiary/aromatic N) is 3. The maximum atomic E-state index is 11.1. The van der Waals surface area contributed by atoms with Crippen LogP contribution in [0.2, 0.25) is 0 Å². The first-order chi connectivity index (χ1) is 13.1. The van der Waals surface area contributed by atoms with E-state index in [0.29, 0.717) is 11.7 Å². The number of thiazole rings is 1. The molecule has 4 aromatic rings. The standard InChI is InChI=1S/C19H16N4O2S2/c1-11-18(22-23-27-11)17-15-6-4-3-5-13(15)7-8-16(17)25-9-14-10-26-19(21-14)20-12(2)24/h3-8,10H,9H2,1-2H3,(H,20,21,24). The minimum atomic E-state index is -0.139. The second kappa shape index (κ2) is 7.42. The molecule has 0 fully saturated rings. The molecule has 1 N–H and O–H groups in total. The Morgan fingerprint density at radius 2 is 2.07 bits per heavy atom. The van der Waals surface area contributed by atoms with Crippen molar-refractivity contribution in [3.63, 3.8) is 0 Å². The predicted molar refractivity (Wildman–Crippen MR) is 108 cm³/mol. The van der Waals surface area contributed by atoms with Crippen molar-refractivity contribution in [1.29, 1.82) is 0 Å². The highest BCUT2D eigenvalue weighted by molar-refractivity contribution is 7.13. The minimum absolute atomic E-state index is 0.139. The molecule has 0 spiro atoms. The average molecular weight is 396 g/mol. The molecule has 27 heavy (non-hydrogen) atoms. The van der Waals surface area contributed by atoms with E-state index in [-0.39, 0.29) is 5.91 Å². The number of benzene rings is 2. The normalized spacial score (nSPS) is 10.9. The Balaban J connectivity index is 1.68. The fourth-order valence-corrected chi connectivity index (χ4v) is 4.03. The predicted octanol–water partition coefficient (Wildman–Crippen LogP) is 4.66. The van der Waals surface area contributed by atoms with Crippen LogP contribution < -0.4 is 10.1 Å². The molecule has 8 heteroatoms. The zero-order chi connectivity index (χ0) is 18.8. The molecule has 2 aromatic heterocycles. The summed E-state index contributed by atoms with van der Waals surface area (Å²) in [7, 11) is 0. The van der Waals surface area contributed by atoms with E-state index in [9.17, 15) is 4.79 Å². The van der Waals surface area contributed by atoms with Crippen molar-refractivity contribution < 1.29 is 9.53 Å². The van der Waals surface area contributed by atoms with Gasteiger partial charge >= 0.3 is 0 Å².